The molecule has 3 rings (SSSR count). The van der Waals surface area contributed by atoms with Gasteiger partial charge in [0, 0.05) is 11.9 Å². The fourth-order valence-corrected chi connectivity index (χ4v) is 1.89. The largest absolute Gasteiger partial charge is 0.342 e. The second-order valence-corrected chi connectivity index (χ2v) is 3.61. The first-order chi connectivity index (χ1) is 6.77. The molecular weight excluding hydrogens is 174 g/mol. The summed E-state index contributed by atoms with van der Waals surface area (Å²) in [5, 5.41) is 0. The molecule has 3 heteroatoms. The summed E-state index contributed by atoms with van der Waals surface area (Å²) in [6.45, 7) is 4.20. The summed E-state index contributed by atoms with van der Waals surface area (Å²) in [6.07, 6.45) is 2.05. The van der Waals surface area contributed by atoms with Gasteiger partial charge in [0.25, 0.3) is 0 Å². The van der Waals surface area contributed by atoms with Gasteiger partial charge < -0.3 is 4.98 Å². The van der Waals surface area contributed by atoms with Crippen molar-refractivity contribution in [2.45, 2.75) is 13.8 Å². The summed E-state index contributed by atoms with van der Waals surface area (Å²) in [7, 11) is 0. The number of aromatic nitrogens is 3. The van der Waals surface area contributed by atoms with Crippen molar-refractivity contribution in [3.8, 4) is 0 Å². The summed E-state index contributed by atoms with van der Waals surface area (Å²) in [5.74, 6) is 0. The Bertz CT molecular complexity index is 616. The van der Waals surface area contributed by atoms with Crippen LogP contribution in [0.3, 0.4) is 0 Å². The number of imidazole rings is 1. The molecule has 3 nitrogen and oxygen atoms in total. The van der Waals surface area contributed by atoms with Crippen LogP contribution in [0.1, 0.15) is 11.3 Å². The molecule has 3 aromatic heterocycles. The van der Waals surface area contributed by atoms with Crippen LogP contribution in [0.5, 0.6) is 0 Å². The lowest BCUT2D eigenvalue weighted by Gasteiger charge is -1.94. The van der Waals surface area contributed by atoms with Crippen LogP contribution < -0.4 is 0 Å². The molecule has 0 aromatic carbocycles. The average Bonchev–Trinajstić information content (AvgIpc) is 2.65. The highest BCUT2D eigenvalue weighted by atomic mass is 15.1. The predicted octanol–water partition coefficient (Wildman–Crippen LogP) is 2.43. The molecule has 3 heterocycles. The van der Waals surface area contributed by atoms with Crippen LogP contribution >= 0.6 is 0 Å². The molecule has 0 radical (unpaired) electrons. The van der Waals surface area contributed by atoms with Gasteiger partial charge in [0.1, 0.15) is 5.65 Å². The Balaban J connectivity index is 2.62. The van der Waals surface area contributed by atoms with Crippen molar-refractivity contribution < 1.29 is 0 Å². The first-order valence-corrected chi connectivity index (χ1v) is 4.69. The van der Waals surface area contributed by atoms with E-state index >= 15 is 0 Å². The Morgan fingerprint density at radius 3 is 3.00 bits per heavy atom. The number of aryl methyl sites for hydroxylation is 2. The fraction of sp³-hybridized carbons (Fsp3) is 0.182. The first kappa shape index (κ1) is 7.62. The van der Waals surface area contributed by atoms with E-state index in [4.69, 9.17) is 0 Å². The van der Waals surface area contributed by atoms with Crippen molar-refractivity contribution in [2.24, 2.45) is 0 Å². The number of pyridine rings is 1. The van der Waals surface area contributed by atoms with E-state index in [-0.39, 0.29) is 0 Å². The molecule has 70 valence electrons. The molecule has 0 aliphatic carbocycles. The zero-order valence-corrected chi connectivity index (χ0v) is 8.20. The zero-order chi connectivity index (χ0) is 9.71. The topological polar surface area (TPSA) is 33.1 Å². The molecule has 0 saturated carbocycles. The summed E-state index contributed by atoms with van der Waals surface area (Å²) >= 11 is 0. The zero-order valence-electron chi connectivity index (χ0n) is 8.20. The highest BCUT2D eigenvalue weighted by molar-refractivity contribution is 5.82. The second kappa shape index (κ2) is 2.38. The van der Waals surface area contributed by atoms with Gasteiger partial charge >= 0.3 is 0 Å². The highest BCUT2D eigenvalue weighted by Crippen LogP contribution is 2.21. The van der Waals surface area contributed by atoms with Crippen molar-refractivity contribution in [3.63, 3.8) is 0 Å². The fourth-order valence-electron chi connectivity index (χ4n) is 1.89. The maximum Gasteiger partial charge on any atom is 0.157 e. The van der Waals surface area contributed by atoms with Gasteiger partial charge in [0.15, 0.2) is 5.65 Å². The van der Waals surface area contributed by atoms with Crippen molar-refractivity contribution >= 4 is 16.8 Å². The van der Waals surface area contributed by atoms with E-state index in [1.54, 1.807) is 0 Å². The summed E-state index contributed by atoms with van der Waals surface area (Å²) in [5.41, 5.74) is 5.64. The number of fused-ring (bicyclic) bond motifs is 3. The van der Waals surface area contributed by atoms with Crippen LogP contribution in [-0.4, -0.2) is 14.4 Å². The summed E-state index contributed by atoms with van der Waals surface area (Å²) in [4.78, 5) is 7.79. The molecule has 0 saturated heterocycles. The minimum Gasteiger partial charge on any atom is -0.342 e. The van der Waals surface area contributed by atoms with Crippen LogP contribution in [0, 0.1) is 13.8 Å². The van der Waals surface area contributed by atoms with Crippen LogP contribution in [0.15, 0.2) is 24.4 Å². The third-order valence-corrected chi connectivity index (χ3v) is 2.75. The van der Waals surface area contributed by atoms with Crippen molar-refractivity contribution in [2.75, 3.05) is 0 Å². The first-order valence-electron chi connectivity index (χ1n) is 4.69. The lowest BCUT2D eigenvalue weighted by Crippen LogP contribution is -1.84. The van der Waals surface area contributed by atoms with Gasteiger partial charge in [0.2, 0.25) is 0 Å². The van der Waals surface area contributed by atoms with Crippen LogP contribution in [0.25, 0.3) is 16.8 Å². The lowest BCUT2D eigenvalue weighted by atomic mass is 10.3. The molecule has 0 unspecified atom stereocenters. The highest BCUT2D eigenvalue weighted by Gasteiger charge is 2.10. The third-order valence-electron chi connectivity index (χ3n) is 2.75. The number of aromatic amines is 1. The molecule has 14 heavy (non-hydrogen) atoms. The quantitative estimate of drug-likeness (QED) is 0.573. The number of hydrogen-bond donors (Lipinski definition) is 1. The van der Waals surface area contributed by atoms with Crippen LogP contribution in [0.4, 0.5) is 0 Å². The molecule has 0 bridgehead atoms. The molecule has 0 spiro atoms. The molecule has 0 atom stereocenters. The Kier molecular flexibility index (Phi) is 1.29. The lowest BCUT2D eigenvalue weighted by molar-refractivity contribution is 1.18. The number of nitrogens with one attached hydrogen (secondary N) is 1. The molecule has 3 aromatic rings. The number of H-pyrrole nitrogens is 1. The van der Waals surface area contributed by atoms with E-state index in [1.165, 1.54) is 16.8 Å². The van der Waals surface area contributed by atoms with Crippen LogP contribution in [-0.2, 0) is 0 Å². The van der Waals surface area contributed by atoms with E-state index in [0.717, 1.165) is 11.3 Å². The van der Waals surface area contributed by atoms with Crippen molar-refractivity contribution in [3.05, 3.63) is 35.7 Å². The van der Waals surface area contributed by atoms with Gasteiger partial charge in [-0.1, -0.05) is 6.07 Å². The number of nitrogens with zero attached hydrogens (tertiary/aromatic N) is 2. The minimum atomic E-state index is 0.978. The SMILES string of the molecule is Cc1[nH]c2nc3ccccn3c2c1C. The maximum atomic E-state index is 4.50. The molecule has 0 aliphatic heterocycles. The normalized spacial score (nSPS) is 11.6. The van der Waals surface area contributed by atoms with Gasteiger partial charge in [-0.2, -0.15) is 0 Å². The Morgan fingerprint density at radius 2 is 2.14 bits per heavy atom. The smallest absolute Gasteiger partial charge is 0.157 e. The minimum absolute atomic E-state index is 0.978. The molecular formula is C11H11N3. The Hall–Kier alpha value is -1.77. The molecule has 1 N–H and O–H groups in total. The van der Waals surface area contributed by atoms with E-state index in [1.807, 2.05) is 24.4 Å². The predicted molar refractivity (Wildman–Crippen MR) is 56.5 cm³/mol. The van der Waals surface area contributed by atoms with E-state index in [0.29, 0.717) is 0 Å². The monoisotopic (exact) mass is 185 g/mol. The summed E-state index contributed by atoms with van der Waals surface area (Å²) < 4.78 is 2.12. The Morgan fingerprint density at radius 1 is 1.29 bits per heavy atom. The second-order valence-electron chi connectivity index (χ2n) is 3.61. The van der Waals surface area contributed by atoms with Gasteiger partial charge in [-0.15, -0.1) is 0 Å². The van der Waals surface area contributed by atoms with Gasteiger partial charge in [-0.25, -0.2) is 4.98 Å². The van der Waals surface area contributed by atoms with E-state index in [9.17, 15) is 0 Å². The van der Waals surface area contributed by atoms with Gasteiger partial charge in [-0.3, -0.25) is 4.40 Å². The number of hydrogen-bond acceptors (Lipinski definition) is 1. The van der Waals surface area contributed by atoms with E-state index in [2.05, 4.69) is 28.2 Å². The summed E-state index contributed by atoms with van der Waals surface area (Å²) in [6, 6.07) is 6.04. The number of rotatable bonds is 0. The molecule has 0 amide bonds. The standard InChI is InChI=1S/C11H11N3/c1-7-8(2)12-11-10(7)14-6-4-3-5-9(14)13-11/h3-6,12H,1-2H3. The van der Waals surface area contributed by atoms with Gasteiger partial charge in [-0.05, 0) is 31.5 Å². The molecule has 0 aliphatic rings. The maximum absolute atomic E-state index is 4.50. The average molecular weight is 185 g/mol. The Labute approximate surface area is 81.4 Å². The van der Waals surface area contributed by atoms with Gasteiger partial charge in [0.05, 0.1) is 5.52 Å². The van der Waals surface area contributed by atoms with Crippen LogP contribution in [0.2, 0.25) is 0 Å². The molecule has 0 fully saturated rings. The van der Waals surface area contributed by atoms with Crippen molar-refractivity contribution in [1.29, 1.82) is 0 Å². The van der Waals surface area contributed by atoms with Crippen molar-refractivity contribution in [1.82, 2.24) is 14.4 Å². The van der Waals surface area contributed by atoms with E-state index < -0.39 is 0 Å². The third kappa shape index (κ3) is 0.789.